The average molecular weight is 1040 g/mol. The van der Waals surface area contributed by atoms with Crippen molar-refractivity contribution in [2.24, 2.45) is 5.92 Å². The number of unbranched alkanes of at least 4 members (excludes halogenated alkanes) is 2. The van der Waals surface area contributed by atoms with Crippen molar-refractivity contribution in [1.82, 2.24) is 45.7 Å². The predicted molar refractivity (Wildman–Crippen MR) is 266 cm³/mol. The highest BCUT2D eigenvalue weighted by Crippen LogP contribution is 2.43. The van der Waals surface area contributed by atoms with Gasteiger partial charge in [-0.1, -0.05) is 44.5 Å². The van der Waals surface area contributed by atoms with Crippen LogP contribution in [-0.2, 0) is 62.0 Å². The summed E-state index contributed by atoms with van der Waals surface area (Å²) in [5.41, 5.74) is 0.879. The lowest BCUT2D eigenvalue weighted by Crippen LogP contribution is -2.56. The Morgan fingerprint density at radius 1 is 0.932 bits per heavy atom. The molecule has 23 heteroatoms. The molecule has 1 aromatic carbocycles. The van der Waals surface area contributed by atoms with Gasteiger partial charge in [-0.15, -0.1) is 0 Å². The molecule has 3 atom stereocenters. The number of benzene rings is 1. The van der Waals surface area contributed by atoms with Crippen LogP contribution in [0.15, 0.2) is 40.5 Å². The van der Waals surface area contributed by atoms with Crippen molar-refractivity contribution in [3.05, 3.63) is 68.8 Å². The van der Waals surface area contributed by atoms with E-state index in [1.807, 2.05) is 19.0 Å². The third-order valence-corrected chi connectivity index (χ3v) is 13.4. The number of hydrogen-bond donors (Lipinski definition) is 5. The number of esters is 1. The molecular formula is C51H59N9O13S. The second kappa shape index (κ2) is 23.6. The quantitative estimate of drug-likeness (QED) is 0.0240. The predicted octanol–water partition coefficient (Wildman–Crippen LogP) is 1.14. The molecule has 74 heavy (non-hydrogen) atoms. The van der Waals surface area contributed by atoms with E-state index in [0.717, 1.165) is 19.2 Å². The third-order valence-electron chi connectivity index (χ3n) is 12.5. The lowest BCUT2D eigenvalue weighted by molar-refractivity contribution is -0.172. The van der Waals surface area contributed by atoms with Gasteiger partial charge in [-0.05, 0) is 70.8 Å². The Hall–Kier alpha value is -7.44. The Morgan fingerprint density at radius 3 is 2.38 bits per heavy atom. The van der Waals surface area contributed by atoms with Gasteiger partial charge in [-0.3, -0.25) is 24.0 Å². The zero-order valence-corrected chi connectivity index (χ0v) is 42.8. The van der Waals surface area contributed by atoms with Crippen LogP contribution in [0.3, 0.4) is 0 Å². The van der Waals surface area contributed by atoms with E-state index in [-0.39, 0.29) is 80.7 Å². The Balaban J connectivity index is 0.934. The van der Waals surface area contributed by atoms with Crippen LogP contribution in [0.5, 0.6) is 11.5 Å². The number of pyridine rings is 2. The summed E-state index contributed by atoms with van der Waals surface area (Å²) in [7, 11) is 0.314. The molecule has 0 unspecified atom stereocenters. The first-order valence-corrected chi connectivity index (χ1v) is 26.0. The van der Waals surface area contributed by atoms with Gasteiger partial charge in [-0.2, -0.15) is 0 Å². The molecule has 0 bridgehead atoms. The SMILES string of the molecule is CC[C@@]1(O)C(=O)OCc2c1cc1n(c2=O)Cc2c-1nc1cc3c(cc1c2C#CCOCNC(=O)CNC(=O)[C@H](CCCCN(C)C)NC(=O)[C@@H](NC(=O)CCCC#Cc1cnc(S(C)(=O)=O)nc1)C(C)C)OCO3. The van der Waals surface area contributed by atoms with Gasteiger partial charge >= 0.3 is 5.97 Å². The lowest BCUT2D eigenvalue weighted by atomic mass is 9.86. The summed E-state index contributed by atoms with van der Waals surface area (Å²) in [5.74, 6) is 9.60. The van der Waals surface area contributed by atoms with E-state index in [0.29, 0.717) is 69.7 Å². The maximum Gasteiger partial charge on any atom is 0.343 e. The van der Waals surface area contributed by atoms with Gasteiger partial charge in [0, 0.05) is 59.6 Å². The average Bonchev–Trinajstić information content (AvgIpc) is 3.99. The Morgan fingerprint density at radius 2 is 1.68 bits per heavy atom. The topological polar surface area (TPSA) is 289 Å². The van der Waals surface area contributed by atoms with Gasteiger partial charge in [0.2, 0.25) is 45.4 Å². The van der Waals surface area contributed by atoms with Crippen LogP contribution >= 0.6 is 0 Å². The number of ether oxygens (including phenoxy) is 4. The summed E-state index contributed by atoms with van der Waals surface area (Å²) < 4.78 is 46.8. The fourth-order valence-electron chi connectivity index (χ4n) is 8.49. The molecule has 0 aliphatic carbocycles. The summed E-state index contributed by atoms with van der Waals surface area (Å²) in [6, 6.07) is 3.13. The first-order chi connectivity index (χ1) is 35.3. The summed E-state index contributed by atoms with van der Waals surface area (Å²) in [6.07, 6.45) is 5.99. The van der Waals surface area contributed by atoms with Crippen LogP contribution in [0.1, 0.15) is 93.5 Å². The minimum atomic E-state index is -3.54. The minimum Gasteiger partial charge on any atom is -0.458 e. The van der Waals surface area contributed by atoms with Gasteiger partial charge in [-0.25, -0.2) is 28.2 Å². The van der Waals surface area contributed by atoms with Crippen LogP contribution in [0.4, 0.5) is 0 Å². The number of fused-ring (bicyclic) bond motifs is 6. The van der Waals surface area contributed by atoms with Crippen LogP contribution in [0.25, 0.3) is 22.3 Å². The van der Waals surface area contributed by atoms with E-state index in [9.17, 15) is 42.3 Å². The van der Waals surface area contributed by atoms with Crippen molar-refractivity contribution < 1.29 is 56.4 Å². The zero-order chi connectivity index (χ0) is 53.3. The van der Waals surface area contributed by atoms with Crippen molar-refractivity contribution >= 4 is 50.3 Å². The second-order valence-corrected chi connectivity index (χ2v) is 20.5. The monoisotopic (exact) mass is 1040 g/mol. The molecule has 22 nitrogen and oxygen atoms in total. The molecule has 0 radical (unpaired) electrons. The van der Waals surface area contributed by atoms with Crippen LogP contribution in [-0.4, -0.2) is 133 Å². The van der Waals surface area contributed by atoms with Crippen molar-refractivity contribution in [3.8, 4) is 46.6 Å². The molecule has 5 N–H and O–H groups in total. The van der Waals surface area contributed by atoms with E-state index >= 15 is 0 Å². The number of hydrogen-bond acceptors (Lipinski definition) is 17. The van der Waals surface area contributed by atoms with Crippen LogP contribution < -0.4 is 36.3 Å². The summed E-state index contributed by atoms with van der Waals surface area (Å²) in [6.45, 7) is 4.95. The number of aliphatic hydroxyl groups is 1. The number of nitrogens with one attached hydrogen (secondary N) is 4. The lowest BCUT2D eigenvalue weighted by Gasteiger charge is -2.31. The van der Waals surface area contributed by atoms with Gasteiger partial charge in [0.25, 0.3) is 5.56 Å². The fourth-order valence-corrected chi connectivity index (χ4v) is 8.97. The second-order valence-electron chi connectivity index (χ2n) is 18.6. The Kier molecular flexibility index (Phi) is 17.3. The van der Waals surface area contributed by atoms with E-state index in [2.05, 4.69) is 54.9 Å². The number of aromatic nitrogens is 4. The molecule has 4 aromatic rings. The Bertz CT molecular complexity index is 3160. The molecule has 4 amide bonds. The smallest absolute Gasteiger partial charge is 0.343 e. The van der Waals surface area contributed by atoms with Gasteiger partial charge in [0.15, 0.2) is 17.1 Å². The van der Waals surface area contributed by atoms with Gasteiger partial charge < -0.3 is 54.8 Å². The minimum absolute atomic E-state index is 0.00723. The maximum absolute atomic E-state index is 13.9. The molecule has 3 aromatic heterocycles. The van der Waals surface area contributed by atoms with Gasteiger partial charge in [0.05, 0.1) is 41.1 Å². The van der Waals surface area contributed by atoms with Crippen molar-refractivity contribution in [3.63, 3.8) is 0 Å². The maximum atomic E-state index is 13.9. The van der Waals surface area contributed by atoms with E-state index < -0.39 is 63.3 Å². The molecule has 3 aliphatic rings. The van der Waals surface area contributed by atoms with Crippen LogP contribution in [0, 0.1) is 29.6 Å². The molecule has 3 aliphatic heterocycles. The first-order valence-electron chi connectivity index (χ1n) is 24.1. The summed E-state index contributed by atoms with van der Waals surface area (Å²) in [4.78, 5) is 94.1. The molecule has 0 saturated carbocycles. The number of nitrogens with zero attached hydrogens (tertiary/aromatic N) is 5. The zero-order valence-electron chi connectivity index (χ0n) is 42.0. The number of amides is 4. The molecular weight excluding hydrogens is 979 g/mol. The van der Waals surface area contributed by atoms with E-state index in [1.165, 1.54) is 17.0 Å². The number of cyclic esters (lactones) is 1. The molecule has 0 spiro atoms. The molecule has 392 valence electrons. The Labute approximate surface area is 427 Å². The molecule has 7 rings (SSSR count). The molecule has 0 fully saturated rings. The van der Waals surface area contributed by atoms with Crippen LogP contribution in [0.2, 0.25) is 0 Å². The van der Waals surface area contributed by atoms with Crippen molar-refractivity contribution in [2.45, 2.75) is 102 Å². The number of sulfone groups is 1. The van der Waals surface area contributed by atoms with E-state index in [4.69, 9.17) is 23.9 Å². The summed E-state index contributed by atoms with van der Waals surface area (Å²) in [5, 5.41) is 22.4. The highest BCUT2D eigenvalue weighted by Gasteiger charge is 2.45. The number of carbonyl (C=O) groups excluding carboxylic acids is 5. The normalized spacial score (nSPS) is 15.9. The van der Waals surface area contributed by atoms with Crippen molar-refractivity contribution in [2.75, 3.05) is 53.6 Å². The van der Waals surface area contributed by atoms with E-state index in [1.54, 1.807) is 39.0 Å². The molecule has 6 heterocycles. The number of carbonyl (C=O) groups is 5. The standard InChI is InChI=1S/C51H59N9O13S/c1-7-51(67)36-21-39-45-34(26-60(39)48(65)35(36)27-71-49(51)66)32(33-20-40-41(73-29-72-40)22-38(33)56-45)15-13-19-70-28-55-43(62)25-52-46(63)37(16-11-12-18-59(4)5)57-47(64)44(30(2)3)58-42(61)17-10-8-9-14-31-23-53-50(54-24-31)74(6,68)69/h20-24,30,37,44,67H,7-8,10-12,16-19,25-29H2,1-6H3,(H,52,63)(H,55,62)(H,57,64)(H,58,61)/t37-,44-,51-/m0/s1. The highest BCUT2D eigenvalue weighted by molar-refractivity contribution is 7.90. The fraction of sp³-hybridized carbons (Fsp3) is 0.471. The van der Waals surface area contributed by atoms with Crippen molar-refractivity contribution in [1.29, 1.82) is 0 Å². The highest BCUT2D eigenvalue weighted by atomic mass is 32.2. The summed E-state index contributed by atoms with van der Waals surface area (Å²) >= 11 is 0. The van der Waals surface area contributed by atoms with Gasteiger partial charge in [0.1, 0.15) is 32.0 Å². The number of rotatable bonds is 20. The first kappa shape index (κ1) is 54.3. The third kappa shape index (κ3) is 12.7. The molecule has 0 saturated heterocycles. The largest absolute Gasteiger partial charge is 0.458 e.